The quantitative estimate of drug-likeness (QED) is 0.270. The van der Waals surface area contributed by atoms with E-state index in [9.17, 15) is 9.59 Å². The fourth-order valence-electron chi connectivity index (χ4n) is 2.29. The van der Waals surface area contributed by atoms with Crippen LogP contribution in [0.1, 0.15) is 41.0 Å². The smallest absolute Gasteiger partial charge is 0.284 e. The molecule has 0 spiro atoms. The second-order valence-corrected chi connectivity index (χ2v) is 8.21. The highest BCUT2D eigenvalue weighted by Gasteiger charge is 2.36. The molecule has 0 fully saturated rings. The number of ketones is 1. The predicted molar refractivity (Wildman–Crippen MR) is 111 cm³/mol. The predicted octanol–water partition coefficient (Wildman–Crippen LogP) is 6.67. The average Bonchev–Trinajstić information content (AvgIpc) is 2.62. The highest BCUT2D eigenvalue weighted by Crippen LogP contribution is 2.30. The first-order valence-electron chi connectivity index (χ1n) is 7.73. The molecule has 0 heterocycles. The van der Waals surface area contributed by atoms with E-state index in [2.05, 4.69) is 0 Å². The Morgan fingerprint density at radius 1 is 0.926 bits per heavy atom. The minimum Gasteiger partial charge on any atom is -0.294 e. The summed E-state index contributed by atoms with van der Waals surface area (Å²) in [7, 11) is 0. The van der Waals surface area contributed by atoms with Gasteiger partial charge in [0, 0.05) is 41.1 Å². The second-order valence-electron chi connectivity index (χ2n) is 6.35. The highest BCUT2D eigenvalue weighted by molar-refractivity contribution is 6.42. The van der Waals surface area contributed by atoms with E-state index in [4.69, 9.17) is 58.4 Å². The van der Waals surface area contributed by atoms with Gasteiger partial charge >= 0.3 is 0 Å². The van der Waals surface area contributed by atoms with E-state index in [1.807, 2.05) is 0 Å². The third-order valence-electron chi connectivity index (χ3n) is 3.76. The fraction of sp³-hybridized carbons (Fsp3) is 0.222. The molecule has 0 saturated carbocycles. The Bertz CT molecular complexity index is 873. The van der Waals surface area contributed by atoms with Crippen molar-refractivity contribution in [3.05, 3.63) is 68.7 Å². The lowest BCUT2D eigenvalue weighted by Crippen LogP contribution is -2.48. The number of halogens is 5. The van der Waals surface area contributed by atoms with Crippen LogP contribution in [-0.4, -0.2) is 26.3 Å². The van der Waals surface area contributed by atoms with Gasteiger partial charge < -0.3 is 0 Å². The third kappa shape index (κ3) is 5.29. The molecule has 2 rings (SSSR count). The number of nitrogens with zero attached hydrogens (tertiary/aromatic N) is 2. The molecule has 2 aromatic rings. The summed E-state index contributed by atoms with van der Waals surface area (Å²) in [5.41, 5.74) is -0.432. The Morgan fingerprint density at radius 3 is 2.15 bits per heavy atom. The molecule has 27 heavy (non-hydrogen) atoms. The molecule has 0 atom stereocenters. The van der Waals surface area contributed by atoms with Gasteiger partial charge in [-0.15, -0.1) is 4.53 Å². The van der Waals surface area contributed by atoms with Gasteiger partial charge in [0.2, 0.25) is 0 Å². The number of carbonyl (C=O) groups excluding carboxylic acids is 2. The zero-order chi connectivity index (χ0) is 20.4. The molecule has 0 N–H and O–H groups in total. The van der Waals surface area contributed by atoms with E-state index in [1.54, 1.807) is 38.1 Å². The van der Waals surface area contributed by atoms with Crippen LogP contribution in [0, 0.1) is 0 Å². The number of rotatable bonds is 6. The number of hydrogen-bond donors (Lipinski definition) is 0. The maximum atomic E-state index is 12.6. The molecule has 0 aliphatic carbocycles. The normalized spacial score (nSPS) is 11.6. The molecule has 144 valence electrons. The van der Waals surface area contributed by atoms with E-state index in [0.29, 0.717) is 20.1 Å². The number of hydrogen-bond acceptors (Lipinski definition) is 3. The highest BCUT2D eigenvalue weighted by atomic mass is 35.5. The van der Waals surface area contributed by atoms with Crippen LogP contribution in [0.5, 0.6) is 0 Å². The van der Waals surface area contributed by atoms with Crippen molar-refractivity contribution in [1.82, 2.24) is 9.06 Å². The van der Waals surface area contributed by atoms with Crippen LogP contribution in [0.4, 0.5) is 0 Å². The Balaban J connectivity index is 2.17. The van der Waals surface area contributed by atoms with Gasteiger partial charge in [0.15, 0.2) is 5.78 Å². The Morgan fingerprint density at radius 2 is 1.56 bits per heavy atom. The average molecular weight is 469 g/mol. The lowest BCUT2D eigenvalue weighted by molar-refractivity contribution is 0.0374. The summed E-state index contributed by atoms with van der Waals surface area (Å²) >= 11 is 30.2. The van der Waals surface area contributed by atoms with Gasteiger partial charge in [-0.1, -0.05) is 46.9 Å². The van der Waals surface area contributed by atoms with E-state index in [0.717, 1.165) is 4.53 Å². The first-order valence-corrected chi connectivity index (χ1v) is 9.54. The van der Waals surface area contributed by atoms with Crippen LogP contribution < -0.4 is 0 Å². The molecule has 0 unspecified atom stereocenters. The number of benzene rings is 2. The van der Waals surface area contributed by atoms with Crippen molar-refractivity contribution in [1.29, 1.82) is 0 Å². The molecule has 2 aromatic carbocycles. The maximum Gasteiger partial charge on any atom is 0.284 e. The lowest BCUT2D eigenvalue weighted by Gasteiger charge is -2.35. The van der Waals surface area contributed by atoms with Crippen LogP contribution in [0.15, 0.2) is 42.5 Å². The molecule has 0 aromatic heterocycles. The van der Waals surface area contributed by atoms with Crippen molar-refractivity contribution in [2.45, 2.75) is 25.8 Å². The molecular formula is C18H15Cl5N2O2. The zero-order valence-electron chi connectivity index (χ0n) is 14.3. The van der Waals surface area contributed by atoms with Crippen molar-refractivity contribution in [2.75, 3.05) is 0 Å². The van der Waals surface area contributed by atoms with Crippen molar-refractivity contribution < 1.29 is 9.59 Å². The summed E-state index contributed by atoms with van der Waals surface area (Å²) < 4.78 is 1.66. The standard InChI is InChI=1S/C18H15Cl5N2O2/c1-18(2,10-16(26)12-5-3-4-6-13(12)19)25(23)24(22)17(27)11-7-8-14(20)15(21)9-11/h3-9H,10H2,1-2H3. The molecule has 9 heteroatoms. The summed E-state index contributed by atoms with van der Waals surface area (Å²) in [4.78, 5) is 25.1. The molecular weight excluding hydrogens is 453 g/mol. The van der Waals surface area contributed by atoms with Crippen molar-refractivity contribution in [3.63, 3.8) is 0 Å². The van der Waals surface area contributed by atoms with Crippen LogP contribution in [-0.2, 0) is 0 Å². The summed E-state index contributed by atoms with van der Waals surface area (Å²) in [5.74, 6) is -0.855. The van der Waals surface area contributed by atoms with E-state index >= 15 is 0 Å². The zero-order valence-corrected chi connectivity index (χ0v) is 18.1. The number of carbonyl (C=O) groups is 2. The van der Waals surface area contributed by atoms with Crippen LogP contribution in [0.25, 0.3) is 0 Å². The second kappa shape index (κ2) is 8.99. The number of Topliss-reactive ketones (excluding diaryl/α,β-unsaturated/α-hetero) is 1. The van der Waals surface area contributed by atoms with Gasteiger partial charge in [0.05, 0.1) is 20.6 Å². The SMILES string of the molecule is CC(C)(CC(=O)c1ccccc1Cl)N(Cl)N(Cl)C(=O)c1ccc(Cl)c(Cl)c1. The Labute approximate surface area is 182 Å². The molecule has 0 aliphatic heterocycles. The molecule has 0 bridgehead atoms. The summed E-state index contributed by atoms with van der Waals surface area (Å²) in [6.07, 6.45) is -0.0297. The maximum absolute atomic E-state index is 12.6. The van der Waals surface area contributed by atoms with Gasteiger partial charge in [-0.3, -0.25) is 9.59 Å². The van der Waals surface area contributed by atoms with Gasteiger partial charge in [-0.05, 0) is 44.2 Å². The van der Waals surface area contributed by atoms with Crippen LogP contribution in [0.3, 0.4) is 0 Å². The summed E-state index contributed by atoms with van der Waals surface area (Å²) in [6, 6.07) is 11.0. The number of hydrazine groups is 1. The van der Waals surface area contributed by atoms with Crippen LogP contribution >= 0.6 is 58.4 Å². The Hall–Kier alpha value is -1.01. The van der Waals surface area contributed by atoms with Crippen molar-refractivity contribution in [2.24, 2.45) is 0 Å². The third-order valence-corrected chi connectivity index (χ3v) is 5.81. The lowest BCUT2D eigenvalue weighted by atomic mass is 9.95. The molecule has 1 amide bonds. The molecule has 0 radical (unpaired) electrons. The first kappa shape index (κ1) is 22.3. The molecule has 4 nitrogen and oxygen atoms in total. The van der Waals surface area contributed by atoms with Gasteiger partial charge in [0.25, 0.3) is 5.91 Å². The Kier molecular flexibility index (Phi) is 7.42. The molecule has 0 saturated heterocycles. The van der Waals surface area contributed by atoms with E-state index in [-0.39, 0.29) is 22.8 Å². The minimum atomic E-state index is -0.995. The molecule has 0 aliphatic rings. The van der Waals surface area contributed by atoms with Gasteiger partial charge in [-0.2, -0.15) is 4.53 Å². The number of amides is 1. The van der Waals surface area contributed by atoms with Crippen molar-refractivity contribution >= 4 is 70.0 Å². The van der Waals surface area contributed by atoms with Crippen LogP contribution in [0.2, 0.25) is 15.1 Å². The van der Waals surface area contributed by atoms with Gasteiger partial charge in [-0.25, -0.2) is 0 Å². The summed E-state index contributed by atoms with van der Waals surface area (Å²) in [6.45, 7) is 3.35. The monoisotopic (exact) mass is 466 g/mol. The first-order chi connectivity index (χ1) is 12.5. The van der Waals surface area contributed by atoms with Crippen molar-refractivity contribution in [3.8, 4) is 0 Å². The fourth-order valence-corrected chi connectivity index (χ4v) is 3.26. The topological polar surface area (TPSA) is 40.6 Å². The van der Waals surface area contributed by atoms with E-state index < -0.39 is 11.4 Å². The minimum absolute atomic E-state index is 0.0297. The largest absolute Gasteiger partial charge is 0.294 e. The summed E-state index contributed by atoms with van der Waals surface area (Å²) in [5, 5.41) is 0.860. The van der Waals surface area contributed by atoms with Gasteiger partial charge in [0.1, 0.15) is 0 Å². The van der Waals surface area contributed by atoms with E-state index in [1.165, 1.54) is 18.2 Å².